The van der Waals surface area contributed by atoms with Gasteiger partial charge < -0.3 is 16.0 Å². The van der Waals surface area contributed by atoms with Crippen LogP contribution in [0.15, 0.2) is 36.7 Å². The van der Waals surface area contributed by atoms with Crippen LogP contribution < -0.4 is 16.0 Å². The number of likely N-dealkylation sites (N-methyl/N-ethyl adjacent to an activating group) is 1. The fraction of sp³-hybridized carbons (Fsp3) is 0.353. The van der Waals surface area contributed by atoms with Crippen LogP contribution in [-0.2, 0) is 16.6 Å². The highest BCUT2D eigenvalue weighted by Gasteiger charge is 2.20. The number of rotatable bonds is 6. The maximum Gasteiger partial charge on any atom is 0.246 e. The fourth-order valence-electron chi connectivity index (χ4n) is 2.18. The molecule has 2 amide bonds. The third-order valence-corrected chi connectivity index (χ3v) is 3.55. The van der Waals surface area contributed by atoms with Gasteiger partial charge in [-0.3, -0.25) is 14.3 Å². The van der Waals surface area contributed by atoms with Crippen LogP contribution >= 0.6 is 12.4 Å². The second kappa shape index (κ2) is 9.19. The van der Waals surface area contributed by atoms with Crippen LogP contribution in [0.25, 0.3) is 0 Å². The molecule has 0 spiro atoms. The van der Waals surface area contributed by atoms with Crippen molar-refractivity contribution >= 4 is 35.6 Å². The number of halogens is 1. The lowest BCUT2D eigenvalue weighted by atomic mass is 10.1. The molecule has 0 bridgehead atoms. The summed E-state index contributed by atoms with van der Waals surface area (Å²) < 4.78 is 1.65. The molecule has 25 heavy (non-hydrogen) atoms. The van der Waals surface area contributed by atoms with Gasteiger partial charge >= 0.3 is 0 Å². The molecular formula is C17H24ClN5O2. The average molecular weight is 366 g/mol. The zero-order valence-corrected chi connectivity index (χ0v) is 15.6. The first-order valence-corrected chi connectivity index (χ1v) is 7.78. The van der Waals surface area contributed by atoms with Crippen LogP contribution in [-0.4, -0.2) is 28.6 Å². The maximum atomic E-state index is 12.4. The zero-order chi connectivity index (χ0) is 17.7. The van der Waals surface area contributed by atoms with Gasteiger partial charge in [0.2, 0.25) is 11.8 Å². The molecule has 3 N–H and O–H groups in total. The van der Waals surface area contributed by atoms with Crippen molar-refractivity contribution in [3.8, 4) is 0 Å². The zero-order valence-electron chi connectivity index (χ0n) is 14.7. The van der Waals surface area contributed by atoms with E-state index in [-0.39, 0.29) is 30.1 Å². The number of carbonyl (C=O) groups excluding carboxylic acids is 2. The monoisotopic (exact) mass is 365 g/mol. The Morgan fingerprint density at radius 1 is 1.04 bits per heavy atom. The number of hydrogen-bond donors (Lipinski definition) is 3. The van der Waals surface area contributed by atoms with Crippen LogP contribution in [0.1, 0.15) is 25.5 Å². The average Bonchev–Trinajstić information content (AvgIpc) is 2.96. The van der Waals surface area contributed by atoms with Crippen LogP contribution in [0.2, 0.25) is 0 Å². The van der Waals surface area contributed by atoms with E-state index >= 15 is 0 Å². The van der Waals surface area contributed by atoms with E-state index < -0.39 is 6.04 Å². The third-order valence-electron chi connectivity index (χ3n) is 3.55. The topological polar surface area (TPSA) is 88.1 Å². The molecule has 0 aliphatic rings. The Kier molecular flexibility index (Phi) is 7.60. The molecule has 1 heterocycles. The first-order valence-electron chi connectivity index (χ1n) is 7.78. The van der Waals surface area contributed by atoms with E-state index in [1.54, 1.807) is 55.4 Å². The Hall–Kier alpha value is -2.38. The van der Waals surface area contributed by atoms with Crippen LogP contribution in [0.5, 0.6) is 0 Å². The van der Waals surface area contributed by atoms with Crippen LogP contribution in [0, 0.1) is 5.92 Å². The van der Waals surface area contributed by atoms with E-state index in [4.69, 9.17) is 0 Å². The van der Waals surface area contributed by atoms with Crippen molar-refractivity contribution in [3.05, 3.63) is 42.2 Å². The van der Waals surface area contributed by atoms with Crippen molar-refractivity contribution in [2.75, 3.05) is 17.7 Å². The summed E-state index contributed by atoms with van der Waals surface area (Å²) in [6.07, 6.45) is 3.45. The van der Waals surface area contributed by atoms with Gasteiger partial charge in [-0.05, 0) is 31.3 Å². The normalized spacial score (nSPS) is 11.6. The molecule has 1 unspecified atom stereocenters. The molecule has 136 valence electrons. The van der Waals surface area contributed by atoms with E-state index in [1.165, 1.54) is 0 Å². The van der Waals surface area contributed by atoms with Gasteiger partial charge in [-0.2, -0.15) is 5.10 Å². The summed E-state index contributed by atoms with van der Waals surface area (Å²) in [5, 5.41) is 12.7. The minimum atomic E-state index is -0.487. The van der Waals surface area contributed by atoms with Crippen LogP contribution in [0.4, 0.5) is 11.4 Å². The molecule has 0 radical (unpaired) electrons. The van der Waals surface area contributed by atoms with E-state index in [2.05, 4.69) is 21.0 Å². The Morgan fingerprint density at radius 3 is 1.96 bits per heavy atom. The van der Waals surface area contributed by atoms with Crippen molar-refractivity contribution in [1.29, 1.82) is 0 Å². The smallest absolute Gasteiger partial charge is 0.246 e. The summed E-state index contributed by atoms with van der Waals surface area (Å²) in [4.78, 5) is 24.1. The first kappa shape index (κ1) is 20.7. The number of nitrogens with zero attached hydrogens (tertiary/aromatic N) is 2. The number of aromatic nitrogens is 2. The maximum absolute atomic E-state index is 12.4. The van der Waals surface area contributed by atoms with Crippen molar-refractivity contribution in [2.45, 2.75) is 19.9 Å². The molecule has 0 saturated carbocycles. The Labute approximate surface area is 153 Å². The molecule has 0 aliphatic carbocycles. The van der Waals surface area contributed by atoms with Crippen LogP contribution in [0.3, 0.4) is 0 Å². The molecule has 2 rings (SSSR count). The van der Waals surface area contributed by atoms with E-state index in [0.29, 0.717) is 11.4 Å². The summed E-state index contributed by atoms with van der Waals surface area (Å²) in [6.45, 7) is 3.67. The lowest BCUT2D eigenvalue weighted by Gasteiger charge is -2.15. The van der Waals surface area contributed by atoms with Gasteiger partial charge in [-0.15, -0.1) is 12.4 Å². The van der Waals surface area contributed by atoms with Crippen molar-refractivity contribution in [1.82, 2.24) is 15.1 Å². The summed E-state index contributed by atoms with van der Waals surface area (Å²) >= 11 is 0. The molecule has 0 saturated heterocycles. The number of nitrogens with one attached hydrogen (secondary N) is 3. The van der Waals surface area contributed by atoms with Gasteiger partial charge in [-0.1, -0.05) is 13.8 Å². The van der Waals surface area contributed by atoms with Gasteiger partial charge in [0.05, 0.1) is 6.20 Å². The molecule has 1 aromatic carbocycles. The Bertz CT molecular complexity index is 712. The minimum absolute atomic E-state index is 0. The highest BCUT2D eigenvalue weighted by atomic mass is 35.5. The third kappa shape index (κ3) is 5.58. The largest absolute Gasteiger partial charge is 0.326 e. The molecule has 2 aromatic rings. The molecule has 8 heteroatoms. The highest BCUT2D eigenvalue weighted by molar-refractivity contribution is 5.96. The lowest BCUT2D eigenvalue weighted by molar-refractivity contribution is -0.119. The highest BCUT2D eigenvalue weighted by Crippen LogP contribution is 2.18. The number of carbonyl (C=O) groups is 2. The summed E-state index contributed by atoms with van der Waals surface area (Å²) in [5.74, 6) is -0.302. The number of hydrogen-bond acceptors (Lipinski definition) is 4. The molecular weight excluding hydrogens is 342 g/mol. The lowest BCUT2D eigenvalue weighted by Crippen LogP contribution is -2.30. The SMILES string of the molecule is CNC(C(=O)Nc1ccc(NC(=O)C(C)C)cc1)c1cnn(C)c1.Cl. The standard InChI is InChI=1S/C17H23N5O2.ClH/c1-11(2)16(23)20-13-5-7-14(8-6-13)21-17(24)15(18-3)12-9-19-22(4)10-12;/h5-11,15,18H,1-4H3,(H,20,23)(H,21,24);1H. The molecule has 1 aromatic heterocycles. The predicted molar refractivity (Wildman–Crippen MR) is 101 cm³/mol. The minimum Gasteiger partial charge on any atom is -0.326 e. The Morgan fingerprint density at radius 2 is 1.56 bits per heavy atom. The van der Waals surface area contributed by atoms with Crippen molar-refractivity contribution < 1.29 is 9.59 Å². The quantitative estimate of drug-likeness (QED) is 0.733. The van der Waals surface area contributed by atoms with E-state index in [9.17, 15) is 9.59 Å². The summed E-state index contributed by atoms with van der Waals surface area (Å²) in [5.41, 5.74) is 2.15. The van der Waals surface area contributed by atoms with Gasteiger partial charge in [0, 0.05) is 36.1 Å². The van der Waals surface area contributed by atoms with Crippen molar-refractivity contribution in [3.63, 3.8) is 0 Å². The van der Waals surface area contributed by atoms with Gasteiger partial charge in [-0.25, -0.2) is 0 Å². The molecule has 1 atom stereocenters. The number of anilines is 2. The molecule has 0 aliphatic heterocycles. The number of benzene rings is 1. The summed E-state index contributed by atoms with van der Waals surface area (Å²) in [6, 6.07) is 6.54. The van der Waals surface area contributed by atoms with Gasteiger partial charge in [0.15, 0.2) is 0 Å². The molecule has 7 nitrogen and oxygen atoms in total. The second-order valence-electron chi connectivity index (χ2n) is 5.88. The first-order chi connectivity index (χ1) is 11.4. The second-order valence-corrected chi connectivity index (χ2v) is 5.88. The van der Waals surface area contributed by atoms with E-state index in [0.717, 1.165) is 5.56 Å². The number of aryl methyl sites for hydroxylation is 1. The number of amides is 2. The summed E-state index contributed by atoms with van der Waals surface area (Å²) in [7, 11) is 3.53. The van der Waals surface area contributed by atoms with Crippen molar-refractivity contribution in [2.24, 2.45) is 13.0 Å². The Balaban J connectivity index is 0.00000312. The van der Waals surface area contributed by atoms with Gasteiger partial charge in [0.25, 0.3) is 0 Å². The van der Waals surface area contributed by atoms with Gasteiger partial charge in [0.1, 0.15) is 6.04 Å². The van der Waals surface area contributed by atoms with E-state index in [1.807, 2.05) is 13.8 Å². The predicted octanol–water partition coefficient (Wildman–Crippen LogP) is 2.34. The fourth-order valence-corrected chi connectivity index (χ4v) is 2.18. The molecule has 0 fully saturated rings.